The Kier molecular flexibility index (Phi) is 11.0. The quantitative estimate of drug-likeness (QED) is 0.291. The number of alkyl carbamates (subject to hydrolysis) is 1. The number of amides is 2. The average molecular weight is 558 g/mol. The number of piperidine rings is 1. The van der Waals surface area contributed by atoms with E-state index in [4.69, 9.17) is 10.8 Å². The monoisotopic (exact) mass is 557 g/mol. The molecule has 218 valence electrons. The summed E-state index contributed by atoms with van der Waals surface area (Å²) in [6.07, 6.45) is 2.00. The van der Waals surface area contributed by atoms with Crippen molar-refractivity contribution < 1.29 is 33.7 Å². The Labute approximate surface area is 234 Å². The standard InChI is InChI=1S/C30H40FN3O6/c1-3-20-8-4-9-21(18-20)27-23(11-5-12-24(27)31)30(39,15-7-16-33-29(38)40-2)22-10-6-17-34(19-22)26(35)14-13-25(32)28(36)37/h4-5,8-9,11-12,18,22,25,39H,3,6-7,10,13-17,19,32H2,1-2H3,(H,33,38)(H,36,37). The molecule has 0 radical (unpaired) electrons. The van der Waals surface area contributed by atoms with Gasteiger partial charge >= 0.3 is 12.1 Å². The zero-order valence-corrected chi connectivity index (χ0v) is 23.2. The van der Waals surface area contributed by atoms with Gasteiger partial charge in [-0.3, -0.25) is 9.59 Å². The number of nitrogens with one attached hydrogen (secondary N) is 1. The number of carboxylic acid groups (broad SMARTS) is 1. The fraction of sp³-hybridized carbons (Fsp3) is 0.500. The van der Waals surface area contributed by atoms with Gasteiger partial charge in [-0.25, -0.2) is 9.18 Å². The van der Waals surface area contributed by atoms with Gasteiger partial charge in [0.05, 0.1) is 12.7 Å². The first kappa shape index (κ1) is 31.0. The Balaban J connectivity index is 1.96. The van der Waals surface area contributed by atoms with Crippen molar-refractivity contribution in [3.63, 3.8) is 0 Å². The molecule has 1 saturated heterocycles. The molecular formula is C30H40FN3O6. The molecule has 0 saturated carbocycles. The minimum Gasteiger partial charge on any atom is -0.480 e. The van der Waals surface area contributed by atoms with Crippen LogP contribution in [0.5, 0.6) is 0 Å². The molecule has 2 aromatic carbocycles. The van der Waals surface area contributed by atoms with E-state index in [0.717, 1.165) is 12.0 Å². The minimum absolute atomic E-state index is 0.0145. The molecule has 1 heterocycles. The van der Waals surface area contributed by atoms with Gasteiger partial charge in [0.25, 0.3) is 0 Å². The van der Waals surface area contributed by atoms with E-state index >= 15 is 4.39 Å². The zero-order chi connectivity index (χ0) is 29.3. The molecule has 40 heavy (non-hydrogen) atoms. The molecule has 3 unspecified atom stereocenters. The summed E-state index contributed by atoms with van der Waals surface area (Å²) < 4.78 is 20.2. The number of nitrogens with two attached hydrogens (primary N) is 1. The molecule has 9 nitrogen and oxygen atoms in total. The minimum atomic E-state index is -1.52. The summed E-state index contributed by atoms with van der Waals surface area (Å²) in [5.74, 6) is -2.27. The Morgan fingerprint density at radius 3 is 2.70 bits per heavy atom. The van der Waals surface area contributed by atoms with Gasteiger partial charge in [0.1, 0.15) is 11.9 Å². The van der Waals surface area contributed by atoms with E-state index in [1.54, 1.807) is 17.0 Å². The third kappa shape index (κ3) is 7.57. The van der Waals surface area contributed by atoms with Crippen LogP contribution in [0.1, 0.15) is 56.6 Å². The van der Waals surface area contributed by atoms with Crippen molar-refractivity contribution >= 4 is 18.0 Å². The van der Waals surface area contributed by atoms with Crippen molar-refractivity contribution in [3.8, 4) is 11.1 Å². The van der Waals surface area contributed by atoms with E-state index < -0.39 is 35.4 Å². The van der Waals surface area contributed by atoms with E-state index in [0.29, 0.717) is 42.5 Å². The number of benzene rings is 2. The van der Waals surface area contributed by atoms with E-state index in [9.17, 15) is 19.5 Å². The number of carbonyl (C=O) groups is 3. The second-order valence-electron chi connectivity index (χ2n) is 10.3. The summed E-state index contributed by atoms with van der Waals surface area (Å²) in [5.41, 5.74) is 6.51. The van der Waals surface area contributed by atoms with Gasteiger partial charge in [-0.2, -0.15) is 0 Å². The summed E-state index contributed by atoms with van der Waals surface area (Å²) in [6.45, 7) is 2.97. The fourth-order valence-electron chi connectivity index (χ4n) is 5.46. The first-order valence-electron chi connectivity index (χ1n) is 13.8. The first-order valence-corrected chi connectivity index (χ1v) is 13.8. The first-order chi connectivity index (χ1) is 19.1. The number of aryl methyl sites for hydroxylation is 1. The molecule has 5 N–H and O–H groups in total. The van der Waals surface area contributed by atoms with Crippen molar-refractivity contribution in [1.29, 1.82) is 0 Å². The number of hydrogen-bond acceptors (Lipinski definition) is 6. The van der Waals surface area contributed by atoms with Gasteiger partial charge in [-0.15, -0.1) is 0 Å². The molecule has 1 aliphatic rings. The van der Waals surface area contributed by atoms with Crippen molar-refractivity contribution in [2.45, 2.75) is 63.5 Å². The van der Waals surface area contributed by atoms with Crippen LogP contribution in [0.25, 0.3) is 11.1 Å². The number of methoxy groups -OCH3 is 1. The highest BCUT2D eigenvalue weighted by Gasteiger charge is 2.43. The Bertz CT molecular complexity index is 1190. The summed E-state index contributed by atoms with van der Waals surface area (Å²) in [5, 5.41) is 24.2. The number of rotatable bonds is 12. The number of aliphatic carboxylic acids is 1. The van der Waals surface area contributed by atoms with Gasteiger partial charge in [-0.1, -0.05) is 43.3 Å². The summed E-state index contributed by atoms with van der Waals surface area (Å²) >= 11 is 0. The Morgan fingerprint density at radius 2 is 2.00 bits per heavy atom. The van der Waals surface area contributed by atoms with Gasteiger partial charge in [0.15, 0.2) is 0 Å². The third-order valence-corrected chi connectivity index (χ3v) is 7.73. The summed E-state index contributed by atoms with van der Waals surface area (Å²) in [7, 11) is 1.27. The lowest BCUT2D eigenvalue weighted by atomic mass is 9.72. The lowest BCUT2D eigenvalue weighted by Crippen LogP contribution is -2.49. The van der Waals surface area contributed by atoms with Crippen LogP contribution in [0.15, 0.2) is 42.5 Å². The van der Waals surface area contributed by atoms with E-state index in [2.05, 4.69) is 10.1 Å². The zero-order valence-electron chi connectivity index (χ0n) is 23.2. The highest BCUT2D eigenvalue weighted by Crippen LogP contribution is 2.44. The van der Waals surface area contributed by atoms with Crippen LogP contribution in [0.4, 0.5) is 9.18 Å². The number of halogens is 1. The van der Waals surface area contributed by atoms with E-state index in [1.807, 2.05) is 31.2 Å². The number of aliphatic hydroxyl groups is 1. The summed E-state index contributed by atoms with van der Waals surface area (Å²) in [6, 6.07) is 11.1. The van der Waals surface area contributed by atoms with Crippen LogP contribution >= 0.6 is 0 Å². The van der Waals surface area contributed by atoms with Crippen molar-refractivity contribution in [1.82, 2.24) is 10.2 Å². The number of hydrogen-bond donors (Lipinski definition) is 4. The predicted molar refractivity (Wildman–Crippen MR) is 149 cm³/mol. The maximum atomic E-state index is 15.5. The fourth-order valence-corrected chi connectivity index (χ4v) is 5.46. The van der Waals surface area contributed by atoms with Crippen LogP contribution in [-0.2, 0) is 26.3 Å². The predicted octanol–water partition coefficient (Wildman–Crippen LogP) is 3.81. The highest BCUT2D eigenvalue weighted by molar-refractivity contribution is 5.78. The SMILES string of the molecule is CCc1cccc(-c2c(F)cccc2C(O)(CCCNC(=O)OC)C2CCCN(C(=O)CCC(N)C(=O)O)C2)c1. The van der Waals surface area contributed by atoms with Crippen molar-refractivity contribution in [2.75, 3.05) is 26.7 Å². The van der Waals surface area contributed by atoms with Crippen LogP contribution in [-0.4, -0.2) is 65.9 Å². The van der Waals surface area contributed by atoms with Gasteiger partial charge in [0.2, 0.25) is 5.91 Å². The normalized spacial score (nSPS) is 17.5. The van der Waals surface area contributed by atoms with Crippen LogP contribution in [0.3, 0.4) is 0 Å². The molecule has 2 amide bonds. The average Bonchev–Trinajstić information content (AvgIpc) is 2.97. The molecule has 0 spiro atoms. The number of likely N-dealkylation sites (tertiary alicyclic amines) is 1. The second-order valence-corrected chi connectivity index (χ2v) is 10.3. The number of carboxylic acids is 1. The molecule has 0 aromatic heterocycles. The molecule has 10 heteroatoms. The molecule has 1 aliphatic heterocycles. The van der Waals surface area contributed by atoms with Crippen molar-refractivity contribution in [3.05, 3.63) is 59.4 Å². The Morgan fingerprint density at radius 1 is 1.25 bits per heavy atom. The van der Waals surface area contributed by atoms with E-state index in [-0.39, 0.29) is 38.3 Å². The molecule has 3 rings (SSSR count). The summed E-state index contributed by atoms with van der Waals surface area (Å²) in [4.78, 5) is 37.3. The van der Waals surface area contributed by atoms with Gasteiger partial charge in [-0.05, 0) is 61.3 Å². The maximum Gasteiger partial charge on any atom is 0.406 e. The molecular weight excluding hydrogens is 517 g/mol. The van der Waals surface area contributed by atoms with Crippen LogP contribution in [0.2, 0.25) is 0 Å². The number of ether oxygens (including phenoxy) is 1. The lowest BCUT2D eigenvalue weighted by molar-refractivity contribution is -0.139. The smallest absolute Gasteiger partial charge is 0.406 e. The molecule has 0 bridgehead atoms. The number of carbonyl (C=O) groups excluding carboxylic acids is 2. The highest BCUT2D eigenvalue weighted by atomic mass is 19.1. The maximum absolute atomic E-state index is 15.5. The van der Waals surface area contributed by atoms with Crippen LogP contribution < -0.4 is 11.1 Å². The number of nitrogens with zero attached hydrogens (tertiary/aromatic N) is 1. The molecule has 2 aromatic rings. The molecule has 3 atom stereocenters. The third-order valence-electron chi connectivity index (χ3n) is 7.73. The van der Waals surface area contributed by atoms with Gasteiger partial charge in [0, 0.05) is 37.5 Å². The largest absolute Gasteiger partial charge is 0.480 e. The molecule has 0 aliphatic carbocycles. The van der Waals surface area contributed by atoms with Crippen LogP contribution in [0, 0.1) is 11.7 Å². The molecule has 1 fully saturated rings. The van der Waals surface area contributed by atoms with Gasteiger partial charge < -0.3 is 30.9 Å². The lowest BCUT2D eigenvalue weighted by Gasteiger charge is -2.44. The van der Waals surface area contributed by atoms with E-state index in [1.165, 1.54) is 13.2 Å². The Hall–Kier alpha value is -3.50. The topological polar surface area (TPSA) is 142 Å². The van der Waals surface area contributed by atoms with Crippen molar-refractivity contribution in [2.24, 2.45) is 11.7 Å². The second kappa shape index (κ2) is 14.2.